The Labute approximate surface area is 109 Å². The van der Waals surface area contributed by atoms with E-state index in [9.17, 15) is 4.79 Å². The summed E-state index contributed by atoms with van der Waals surface area (Å²) in [6.07, 6.45) is 0. The summed E-state index contributed by atoms with van der Waals surface area (Å²) in [7, 11) is 0. The molecule has 0 spiro atoms. The predicted molar refractivity (Wildman–Crippen MR) is 74.5 cm³/mol. The van der Waals surface area contributed by atoms with E-state index in [0.717, 1.165) is 21.8 Å². The number of hydrogen-bond donors (Lipinski definition) is 1. The maximum absolute atomic E-state index is 11.8. The van der Waals surface area contributed by atoms with Gasteiger partial charge in [-0.3, -0.25) is 9.79 Å². The molecule has 3 nitrogen and oxygen atoms in total. The summed E-state index contributed by atoms with van der Waals surface area (Å²) >= 11 is 1.60. The van der Waals surface area contributed by atoms with E-state index in [1.165, 1.54) is 0 Å². The zero-order valence-corrected chi connectivity index (χ0v) is 10.7. The van der Waals surface area contributed by atoms with Gasteiger partial charge in [-0.15, -0.1) is 11.3 Å². The van der Waals surface area contributed by atoms with Gasteiger partial charge in [0, 0.05) is 5.56 Å². The van der Waals surface area contributed by atoms with Crippen molar-refractivity contribution in [2.45, 2.75) is 13.0 Å². The number of benzene rings is 1. The normalized spacial score (nSPS) is 18.6. The van der Waals surface area contributed by atoms with Crippen LogP contribution in [0.1, 0.15) is 17.4 Å². The number of anilines is 1. The summed E-state index contributed by atoms with van der Waals surface area (Å²) in [5.74, 6) is -0.0550. The SMILES string of the molecule is C[C@@H]1N=C(c2ccccc2)c2sccc2NC1=O. The van der Waals surface area contributed by atoms with Crippen LogP contribution in [0.5, 0.6) is 0 Å². The third-order valence-corrected chi connectivity index (χ3v) is 3.81. The van der Waals surface area contributed by atoms with Crippen molar-refractivity contribution < 1.29 is 4.79 Å². The first-order valence-corrected chi connectivity index (χ1v) is 6.65. The van der Waals surface area contributed by atoms with Gasteiger partial charge in [-0.1, -0.05) is 30.3 Å². The maximum Gasteiger partial charge on any atom is 0.248 e. The number of nitrogens with zero attached hydrogens (tertiary/aromatic N) is 1. The van der Waals surface area contributed by atoms with Crippen LogP contribution in [0.2, 0.25) is 0 Å². The van der Waals surface area contributed by atoms with Crippen molar-refractivity contribution in [3.05, 3.63) is 52.2 Å². The minimum absolute atomic E-state index is 0.0550. The Kier molecular flexibility index (Phi) is 2.72. The number of carbonyl (C=O) groups excluding carboxylic acids is 1. The second kappa shape index (κ2) is 4.38. The second-order valence-electron chi connectivity index (χ2n) is 4.17. The van der Waals surface area contributed by atoms with Gasteiger partial charge in [-0.2, -0.15) is 0 Å². The van der Waals surface area contributed by atoms with Crippen LogP contribution in [-0.2, 0) is 4.79 Å². The van der Waals surface area contributed by atoms with Gasteiger partial charge in [0.25, 0.3) is 0 Å². The van der Waals surface area contributed by atoms with E-state index in [2.05, 4.69) is 10.3 Å². The molecule has 0 unspecified atom stereocenters. The van der Waals surface area contributed by atoms with Crippen molar-refractivity contribution in [2.24, 2.45) is 4.99 Å². The van der Waals surface area contributed by atoms with Crippen molar-refractivity contribution in [3.63, 3.8) is 0 Å². The Morgan fingerprint density at radius 1 is 1.22 bits per heavy atom. The molecule has 0 radical (unpaired) electrons. The van der Waals surface area contributed by atoms with Crippen LogP contribution in [0.25, 0.3) is 0 Å². The standard InChI is InChI=1S/C14H12N2OS/c1-9-14(17)16-11-7-8-18-13(11)12(15-9)10-5-3-2-4-6-10/h2-9H,1H3,(H,16,17)/t9-/m0/s1. The minimum Gasteiger partial charge on any atom is -0.323 e. The van der Waals surface area contributed by atoms with E-state index in [-0.39, 0.29) is 11.9 Å². The lowest BCUT2D eigenvalue weighted by Gasteiger charge is -2.05. The lowest BCUT2D eigenvalue weighted by Crippen LogP contribution is -2.22. The number of nitrogens with one attached hydrogen (secondary N) is 1. The number of amides is 1. The van der Waals surface area contributed by atoms with E-state index in [1.807, 2.05) is 48.7 Å². The second-order valence-corrected chi connectivity index (χ2v) is 5.09. The molecule has 1 atom stereocenters. The average Bonchev–Trinajstić information content (AvgIpc) is 2.80. The summed E-state index contributed by atoms with van der Waals surface area (Å²) in [5, 5.41) is 4.88. The summed E-state index contributed by atoms with van der Waals surface area (Å²) < 4.78 is 0. The lowest BCUT2D eigenvalue weighted by molar-refractivity contribution is -0.116. The van der Waals surface area contributed by atoms with E-state index in [1.54, 1.807) is 11.3 Å². The van der Waals surface area contributed by atoms with Crippen molar-refractivity contribution in [3.8, 4) is 0 Å². The van der Waals surface area contributed by atoms with Crippen LogP contribution in [-0.4, -0.2) is 17.7 Å². The molecule has 1 aliphatic heterocycles. The van der Waals surface area contributed by atoms with Crippen LogP contribution in [0.4, 0.5) is 5.69 Å². The first-order chi connectivity index (χ1) is 8.75. The molecule has 4 heteroatoms. The summed E-state index contributed by atoms with van der Waals surface area (Å²) in [5.41, 5.74) is 2.80. The van der Waals surface area contributed by atoms with Gasteiger partial charge in [-0.05, 0) is 18.4 Å². The van der Waals surface area contributed by atoms with Gasteiger partial charge in [0.2, 0.25) is 5.91 Å². The number of thiophene rings is 1. The third kappa shape index (κ3) is 1.84. The van der Waals surface area contributed by atoms with Crippen LogP contribution in [0.15, 0.2) is 46.8 Å². The molecular weight excluding hydrogens is 244 g/mol. The first-order valence-electron chi connectivity index (χ1n) is 5.77. The Morgan fingerprint density at radius 2 is 2.00 bits per heavy atom. The summed E-state index contributed by atoms with van der Waals surface area (Å²) in [6.45, 7) is 1.81. The minimum atomic E-state index is -0.361. The Bertz CT molecular complexity index is 616. The Morgan fingerprint density at radius 3 is 2.78 bits per heavy atom. The molecule has 2 heterocycles. The zero-order valence-electron chi connectivity index (χ0n) is 9.88. The first kappa shape index (κ1) is 11.2. The average molecular weight is 256 g/mol. The molecule has 3 rings (SSSR count). The molecule has 1 N–H and O–H groups in total. The van der Waals surface area contributed by atoms with Crippen molar-refractivity contribution in [1.29, 1.82) is 0 Å². The van der Waals surface area contributed by atoms with Gasteiger partial charge in [0.05, 0.1) is 16.3 Å². The largest absolute Gasteiger partial charge is 0.323 e. The number of fused-ring (bicyclic) bond motifs is 1. The fraction of sp³-hybridized carbons (Fsp3) is 0.143. The predicted octanol–water partition coefficient (Wildman–Crippen LogP) is 2.93. The smallest absolute Gasteiger partial charge is 0.248 e. The van der Waals surface area contributed by atoms with Gasteiger partial charge in [0.15, 0.2) is 0 Å². The van der Waals surface area contributed by atoms with Crippen LogP contribution >= 0.6 is 11.3 Å². The van der Waals surface area contributed by atoms with Crippen LogP contribution < -0.4 is 5.32 Å². The number of hydrogen-bond acceptors (Lipinski definition) is 3. The van der Waals surface area contributed by atoms with E-state index < -0.39 is 0 Å². The topological polar surface area (TPSA) is 41.5 Å². The monoisotopic (exact) mass is 256 g/mol. The Hall–Kier alpha value is -1.94. The van der Waals surface area contributed by atoms with E-state index >= 15 is 0 Å². The summed E-state index contributed by atoms with van der Waals surface area (Å²) in [6, 6.07) is 11.5. The van der Waals surface area contributed by atoms with E-state index in [4.69, 9.17) is 0 Å². The molecule has 0 aliphatic carbocycles. The molecule has 2 aromatic rings. The fourth-order valence-corrected chi connectivity index (χ4v) is 2.81. The number of carbonyl (C=O) groups is 1. The molecule has 1 aromatic heterocycles. The molecule has 0 bridgehead atoms. The molecule has 0 fully saturated rings. The van der Waals surface area contributed by atoms with Gasteiger partial charge >= 0.3 is 0 Å². The van der Waals surface area contributed by atoms with Gasteiger partial charge in [0.1, 0.15) is 6.04 Å². The van der Waals surface area contributed by atoms with Gasteiger partial charge in [-0.25, -0.2) is 0 Å². The van der Waals surface area contributed by atoms with E-state index in [0.29, 0.717) is 0 Å². The molecular formula is C14H12N2OS. The number of rotatable bonds is 1. The fourth-order valence-electron chi connectivity index (χ4n) is 1.94. The quantitative estimate of drug-likeness (QED) is 0.837. The molecule has 1 aromatic carbocycles. The highest BCUT2D eigenvalue weighted by Crippen LogP contribution is 2.28. The summed E-state index contributed by atoms with van der Waals surface area (Å²) in [4.78, 5) is 17.4. The van der Waals surface area contributed by atoms with Crippen LogP contribution in [0.3, 0.4) is 0 Å². The lowest BCUT2D eigenvalue weighted by atomic mass is 10.1. The highest BCUT2D eigenvalue weighted by molar-refractivity contribution is 7.13. The van der Waals surface area contributed by atoms with Crippen molar-refractivity contribution in [1.82, 2.24) is 0 Å². The van der Waals surface area contributed by atoms with Gasteiger partial charge < -0.3 is 5.32 Å². The Balaban J connectivity index is 2.18. The zero-order chi connectivity index (χ0) is 12.5. The van der Waals surface area contributed by atoms with Crippen LogP contribution in [0, 0.1) is 0 Å². The maximum atomic E-state index is 11.8. The molecule has 1 aliphatic rings. The highest BCUT2D eigenvalue weighted by atomic mass is 32.1. The highest BCUT2D eigenvalue weighted by Gasteiger charge is 2.23. The number of aliphatic imine (C=N–C) groups is 1. The molecule has 0 saturated heterocycles. The van der Waals surface area contributed by atoms with Crippen molar-refractivity contribution in [2.75, 3.05) is 5.32 Å². The molecule has 90 valence electrons. The van der Waals surface area contributed by atoms with Crippen molar-refractivity contribution >= 4 is 28.6 Å². The molecule has 18 heavy (non-hydrogen) atoms. The third-order valence-electron chi connectivity index (χ3n) is 2.89. The molecule has 1 amide bonds. The molecule has 0 saturated carbocycles.